The highest BCUT2D eigenvalue weighted by Crippen LogP contribution is 2.20. The van der Waals surface area contributed by atoms with Gasteiger partial charge in [0.1, 0.15) is 5.75 Å². The van der Waals surface area contributed by atoms with Gasteiger partial charge in [-0.05, 0) is 37.1 Å². The topological polar surface area (TPSA) is 55.8 Å². The van der Waals surface area contributed by atoms with Crippen LogP contribution in [0.25, 0.3) is 0 Å². The van der Waals surface area contributed by atoms with Gasteiger partial charge in [0.2, 0.25) is 10.0 Å². The molecule has 0 bridgehead atoms. The second kappa shape index (κ2) is 7.98. The zero-order chi connectivity index (χ0) is 15.1. The molecule has 0 spiro atoms. The number of sulfonamides is 1. The molecule has 1 aliphatic heterocycles. The van der Waals surface area contributed by atoms with E-state index >= 15 is 0 Å². The summed E-state index contributed by atoms with van der Waals surface area (Å²) in [4.78, 5) is 0.286. The maximum atomic E-state index is 12.5. The first-order chi connectivity index (χ1) is 10.1. The quantitative estimate of drug-likeness (QED) is 0.591. The molecule has 0 aliphatic carbocycles. The summed E-state index contributed by atoms with van der Waals surface area (Å²) < 4.78 is 37.3. The summed E-state index contributed by atoms with van der Waals surface area (Å²) in [5, 5.41) is 0. The van der Waals surface area contributed by atoms with Crippen LogP contribution in [0.3, 0.4) is 0 Å². The van der Waals surface area contributed by atoms with Crippen LogP contribution in [-0.2, 0) is 14.8 Å². The van der Waals surface area contributed by atoms with Crippen LogP contribution in [0, 0.1) is 0 Å². The summed E-state index contributed by atoms with van der Waals surface area (Å²) in [6.45, 7) is 2.48. The van der Waals surface area contributed by atoms with Crippen molar-refractivity contribution in [1.82, 2.24) is 4.31 Å². The minimum Gasteiger partial charge on any atom is -0.494 e. The molecular weight excluding hydrogens is 314 g/mol. The van der Waals surface area contributed by atoms with E-state index in [0.717, 1.165) is 12.8 Å². The summed E-state index contributed by atoms with van der Waals surface area (Å²) in [6.07, 6.45) is 1.48. The predicted octanol–water partition coefficient (Wildman–Crippen LogP) is 2.11. The van der Waals surface area contributed by atoms with Crippen LogP contribution in [0.2, 0.25) is 0 Å². The standard InChI is InChI=1S/C14H20ClNO4S/c15-7-1-11-20-13-3-5-14(6-4-13)21(17,18)16-8-2-10-19-12-9-16/h3-6H,1-2,7-12H2. The molecule has 7 heteroatoms. The summed E-state index contributed by atoms with van der Waals surface area (Å²) >= 11 is 5.58. The van der Waals surface area contributed by atoms with Gasteiger partial charge in [-0.2, -0.15) is 4.31 Å². The Bertz CT molecular complexity index is 524. The molecule has 1 aromatic rings. The third-order valence-electron chi connectivity index (χ3n) is 3.19. The van der Waals surface area contributed by atoms with Crippen molar-refractivity contribution in [1.29, 1.82) is 0 Å². The number of hydrogen-bond donors (Lipinski definition) is 0. The maximum absolute atomic E-state index is 12.5. The Hall–Kier alpha value is -0.820. The lowest BCUT2D eigenvalue weighted by molar-refractivity contribution is 0.148. The minimum atomic E-state index is -3.45. The van der Waals surface area contributed by atoms with E-state index in [2.05, 4.69) is 0 Å². The first-order valence-electron chi connectivity index (χ1n) is 7.01. The van der Waals surface area contributed by atoms with Crippen LogP contribution in [0.1, 0.15) is 12.8 Å². The molecular formula is C14H20ClNO4S. The first kappa shape index (κ1) is 16.5. The molecule has 0 radical (unpaired) electrons. The van der Waals surface area contributed by atoms with E-state index in [0.29, 0.717) is 44.5 Å². The summed E-state index contributed by atoms with van der Waals surface area (Å²) in [7, 11) is -3.45. The Morgan fingerprint density at radius 1 is 1.19 bits per heavy atom. The van der Waals surface area contributed by atoms with E-state index in [1.54, 1.807) is 24.3 Å². The lowest BCUT2D eigenvalue weighted by Gasteiger charge is -2.19. The number of benzene rings is 1. The van der Waals surface area contributed by atoms with E-state index in [-0.39, 0.29) is 4.90 Å². The van der Waals surface area contributed by atoms with Crippen LogP contribution in [0.15, 0.2) is 29.2 Å². The van der Waals surface area contributed by atoms with E-state index in [1.807, 2.05) is 0 Å². The third-order valence-corrected chi connectivity index (χ3v) is 5.37. The third kappa shape index (κ3) is 4.57. The van der Waals surface area contributed by atoms with Crippen molar-refractivity contribution >= 4 is 21.6 Å². The van der Waals surface area contributed by atoms with Crippen molar-refractivity contribution in [2.75, 3.05) is 38.8 Å². The Morgan fingerprint density at radius 2 is 1.95 bits per heavy atom. The summed E-state index contributed by atoms with van der Waals surface area (Å²) in [6, 6.07) is 6.51. The van der Waals surface area contributed by atoms with Gasteiger partial charge >= 0.3 is 0 Å². The zero-order valence-electron chi connectivity index (χ0n) is 11.8. The summed E-state index contributed by atoms with van der Waals surface area (Å²) in [5.41, 5.74) is 0. The Balaban J connectivity index is 2.05. The Kier molecular flexibility index (Phi) is 6.29. The van der Waals surface area contributed by atoms with Crippen LogP contribution in [0.5, 0.6) is 5.75 Å². The normalized spacial score (nSPS) is 17.4. The molecule has 1 fully saturated rings. The second-order valence-corrected chi connectivity index (χ2v) is 7.05. The molecule has 1 aromatic carbocycles. The number of alkyl halides is 1. The minimum absolute atomic E-state index is 0.286. The number of rotatable bonds is 6. The SMILES string of the molecule is O=S(=O)(c1ccc(OCCCCl)cc1)N1CCCOCC1. The number of ether oxygens (including phenoxy) is 2. The second-order valence-electron chi connectivity index (χ2n) is 4.73. The van der Waals surface area contributed by atoms with Gasteiger partial charge in [0, 0.05) is 25.6 Å². The van der Waals surface area contributed by atoms with Gasteiger partial charge < -0.3 is 9.47 Å². The molecule has 118 valence electrons. The lowest BCUT2D eigenvalue weighted by atomic mass is 10.3. The molecule has 2 rings (SSSR count). The van der Waals surface area contributed by atoms with Crippen LogP contribution >= 0.6 is 11.6 Å². The smallest absolute Gasteiger partial charge is 0.243 e. The fraction of sp³-hybridized carbons (Fsp3) is 0.571. The molecule has 0 aromatic heterocycles. The highest BCUT2D eigenvalue weighted by Gasteiger charge is 2.25. The maximum Gasteiger partial charge on any atom is 0.243 e. The molecule has 0 saturated carbocycles. The van der Waals surface area contributed by atoms with Crippen molar-refractivity contribution in [3.8, 4) is 5.75 Å². The van der Waals surface area contributed by atoms with Gasteiger partial charge in [0.25, 0.3) is 0 Å². The average molecular weight is 334 g/mol. The molecule has 0 amide bonds. The molecule has 0 N–H and O–H groups in total. The fourth-order valence-electron chi connectivity index (χ4n) is 2.07. The lowest BCUT2D eigenvalue weighted by Crippen LogP contribution is -2.33. The van der Waals surface area contributed by atoms with Gasteiger partial charge in [0.15, 0.2) is 0 Å². The molecule has 21 heavy (non-hydrogen) atoms. The Labute approximate surface area is 130 Å². The molecule has 1 aliphatic rings. The van der Waals surface area contributed by atoms with Crippen LogP contribution in [0.4, 0.5) is 0 Å². The molecule has 1 heterocycles. The van der Waals surface area contributed by atoms with Gasteiger partial charge in [-0.3, -0.25) is 0 Å². The number of nitrogens with zero attached hydrogens (tertiary/aromatic N) is 1. The Morgan fingerprint density at radius 3 is 2.67 bits per heavy atom. The average Bonchev–Trinajstić information content (AvgIpc) is 2.78. The summed E-state index contributed by atoms with van der Waals surface area (Å²) in [5.74, 6) is 1.20. The van der Waals surface area contributed by atoms with E-state index in [1.165, 1.54) is 4.31 Å². The molecule has 1 saturated heterocycles. The van der Waals surface area contributed by atoms with Crippen molar-refractivity contribution < 1.29 is 17.9 Å². The first-order valence-corrected chi connectivity index (χ1v) is 8.99. The monoisotopic (exact) mass is 333 g/mol. The number of halogens is 1. The fourth-order valence-corrected chi connectivity index (χ4v) is 3.64. The van der Waals surface area contributed by atoms with Gasteiger partial charge in [-0.25, -0.2) is 8.42 Å². The molecule has 0 atom stereocenters. The van der Waals surface area contributed by atoms with Gasteiger partial charge in [-0.15, -0.1) is 11.6 Å². The van der Waals surface area contributed by atoms with E-state index in [9.17, 15) is 8.42 Å². The van der Waals surface area contributed by atoms with Gasteiger partial charge in [0.05, 0.1) is 18.1 Å². The van der Waals surface area contributed by atoms with Crippen molar-refractivity contribution in [2.45, 2.75) is 17.7 Å². The van der Waals surface area contributed by atoms with Crippen LogP contribution in [-0.4, -0.2) is 51.5 Å². The van der Waals surface area contributed by atoms with Crippen molar-refractivity contribution in [3.63, 3.8) is 0 Å². The zero-order valence-corrected chi connectivity index (χ0v) is 13.4. The molecule has 0 unspecified atom stereocenters. The van der Waals surface area contributed by atoms with E-state index in [4.69, 9.17) is 21.1 Å². The van der Waals surface area contributed by atoms with E-state index < -0.39 is 10.0 Å². The van der Waals surface area contributed by atoms with Crippen molar-refractivity contribution in [2.24, 2.45) is 0 Å². The molecule has 5 nitrogen and oxygen atoms in total. The van der Waals surface area contributed by atoms with Crippen LogP contribution < -0.4 is 4.74 Å². The van der Waals surface area contributed by atoms with Crippen molar-refractivity contribution in [3.05, 3.63) is 24.3 Å². The largest absolute Gasteiger partial charge is 0.494 e. The van der Waals surface area contributed by atoms with Gasteiger partial charge in [-0.1, -0.05) is 0 Å². The predicted molar refractivity (Wildman–Crippen MR) is 81.5 cm³/mol. The highest BCUT2D eigenvalue weighted by atomic mass is 35.5. The highest BCUT2D eigenvalue weighted by molar-refractivity contribution is 7.89. The number of hydrogen-bond acceptors (Lipinski definition) is 4.